The van der Waals surface area contributed by atoms with Crippen LogP contribution in [0.25, 0.3) is 0 Å². The molecule has 1 amide bonds. The van der Waals surface area contributed by atoms with E-state index >= 15 is 0 Å². The molecule has 1 atom stereocenters. The summed E-state index contributed by atoms with van der Waals surface area (Å²) in [6.45, 7) is 0.512. The number of nitrogens with one attached hydrogen (secondary N) is 1. The molecule has 1 heterocycles. The number of carbonyl (C=O) groups excluding carboxylic acids is 1. The van der Waals surface area contributed by atoms with Crippen molar-refractivity contribution in [2.24, 2.45) is 0 Å². The first-order valence-electron chi connectivity index (χ1n) is 4.85. The number of hydrogen-bond acceptors (Lipinski definition) is 2. The molecular weight excluding hydrogens is 214 g/mol. The zero-order chi connectivity index (χ0) is 10.9. The summed E-state index contributed by atoms with van der Waals surface area (Å²) in [5, 5.41) is 13.6. The van der Waals surface area contributed by atoms with Crippen molar-refractivity contribution in [3.63, 3.8) is 0 Å². The number of amides is 1. The highest BCUT2D eigenvalue weighted by molar-refractivity contribution is 6.30. The summed E-state index contributed by atoms with van der Waals surface area (Å²) in [5.41, 5.74) is -0.283. The third kappa shape index (κ3) is 2.13. The Kier molecular flexibility index (Phi) is 2.67. The van der Waals surface area contributed by atoms with Gasteiger partial charge in [-0.3, -0.25) is 4.79 Å². The largest absolute Gasteiger partial charge is 0.385 e. The van der Waals surface area contributed by atoms with Gasteiger partial charge in [0.1, 0.15) is 5.60 Å². The molecule has 1 aliphatic rings. The number of carbonyl (C=O) groups is 1. The van der Waals surface area contributed by atoms with Gasteiger partial charge in [-0.05, 0) is 24.1 Å². The van der Waals surface area contributed by atoms with Gasteiger partial charge >= 0.3 is 0 Å². The summed E-state index contributed by atoms with van der Waals surface area (Å²) in [6.07, 6.45) is 0.662. The molecule has 80 valence electrons. The predicted molar refractivity (Wildman–Crippen MR) is 57.6 cm³/mol. The van der Waals surface area contributed by atoms with Gasteiger partial charge in [-0.2, -0.15) is 0 Å². The molecule has 1 saturated heterocycles. The Morgan fingerprint density at radius 3 is 2.60 bits per heavy atom. The maximum Gasteiger partial charge on any atom is 0.223 e. The van der Waals surface area contributed by atoms with Gasteiger partial charge in [-0.1, -0.05) is 23.7 Å². The second-order valence-electron chi connectivity index (χ2n) is 3.82. The molecule has 0 bridgehead atoms. The van der Waals surface area contributed by atoms with Crippen LogP contribution in [0, 0.1) is 0 Å². The van der Waals surface area contributed by atoms with Crippen molar-refractivity contribution < 1.29 is 9.90 Å². The van der Waals surface area contributed by atoms with E-state index in [1.807, 2.05) is 0 Å². The van der Waals surface area contributed by atoms with Gasteiger partial charge in [0, 0.05) is 11.6 Å². The minimum absolute atomic E-state index is 0.112. The van der Waals surface area contributed by atoms with Crippen LogP contribution >= 0.6 is 11.6 Å². The number of rotatable bonds is 1. The summed E-state index contributed by atoms with van der Waals surface area (Å²) in [7, 11) is 0. The monoisotopic (exact) mass is 225 g/mol. The fraction of sp³-hybridized carbons (Fsp3) is 0.364. The Bertz CT molecular complexity index is 377. The van der Waals surface area contributed by atoms with Crippen LogP contribution in [0.5, 0.6) is 0 Å². The lowest BCUT2D eigenvalue weighted by Crippen LogP contribution is -2.43. The highest BCUT2D eigenvalue weighted by Crippen LogP contribution is 2.31. The quantitative estimate of drug-likeness (QED) is 0.760. The normalized spacial score (nSPS) is 26.1. The molecule has 0 spiro atoms. The van der Waals surface area contributed by atoms with Crippen molar-refractivity contribution in [3.05, 3.63) is 34.9 Å². The first-order valence-corrected chi connectivity index (χ1v) is 5.23. The molecule has 4 heteroatoms. The molecule has 0 aliphatic carbocycles. The highest BCUT2D eigenvalue weighted by Gasteiger charge is 2.34. The van der Waals surface area contributed by atoms with E-state index in [1.54, 1.807) is 24.3 Å². The fourth-order valence-electron chi connectivity index (χ4n) is 1.83. The Labute approximate surface area is 93.1 Å². The Morgan fingerprint density at radius 1 is 1.33 bits per heavy atom. The average Bonchev–Trinajstić information content (AvgIpc) is 2.18. The van der Waals surface area contributed by atoms with Crippen LogP contribution in [0.3, 0.4) is 0 Å². The number of hydrogen-bond donors (Lipinski definition) is 2. The lowest BCUT2D eigenvalue weighted by Gasteiger charge is -2.32. The van der Waals surface area contributed by atoms with Gasteiger partial charge in [0.15, 0.2) is 0 Å². The van der Waals surface area contributed by atoms with Crippen LogP contribution in [0.1, 0.15) is 18.4 Å². The minimum atomic E-state index is -1.03. The van der Waals surface area contributed by atoms with E-state index in [2.05, 4.69) is 5.32 Å². The van der Waals surface area contributed by atoms with Gasteiger partial charge < -0.3 is 10.4 Å². The maximum absolute atomic E-state index is 11.2. The summed E-state index contributed by atoms with van der Waals surface area (Å²) in [6, 6.07) is 6.98. The van der Waals surface area contributed by atoms with Gasteiger partial charge in [-0.15, -0.1) is 0 Å². The molecule has 0 unspecified atom stereocenters. The Hall–Kier alpha value is -1.06. The molecule has 0 aromatic heterocycles. The van der Waals surface area contributed by atoms with Crippen molar-refractivity contribution in [1.29, 1.82) is 0 Å². The second kappa shape index (κ2) is 3.83. The predicted octanol–water partition coefficient (Wildman–Crippen LogP) is 1.44. The summed E-state index contributed by atoms with van der Waals surface area (Å²) in [4.78, 5) is 11.2. The van der Waals surface area contributed by atoms with Crippen molar-refractivity contribution in [3.8, 4) is 0 Å². The molecule has 2 rings (SSSR count). The van der Waals surface area contributed by atoms with Crippen LogP contribution in [0.4, 0.5) is 0 Å². The van der Waals surface area contributed by atoms with Crippen LogP contribution < -0.4 is 5.32 Å². The van der Waals surface area contributed by atoms with E-state index in [4.69, 9.17) is 11.6 Å². The van der Waals surface area contributed by atoms with E-state index in [-0.39, 0.29) is 12.3 Å². The SMILES string of the molecule is O=C1C[C@](O)(c2ccc(Cl)cc2)CCN1. The average molecular weight is 226 g/mol. The molecule has 1 aromatic carbocycles. The fourth-order valence-corrected chi connectivity index (χ4v) is 1.96. The zero-order valence-corrected chi connectivity index (χ0v) is 8.92. The molecule has 0 radical (unpaired) electrons. The van der Waals surface area contributed by atoms with E-state index in [1.165, 1.54) is 0 Å². The number of piperidine rings is 1. The molecule has 15 heavy (non-hydrogen) atoms. The number of aliphatic hydroxyl groups is 1. The molecular formula is C11H12ClNO2. The van der Waals surface area contributed by atoms with Crippen LogP contribution in [0.15, 0.2) is 24.3 Å². The van der Waals surface area contributed by atoms with E-state index in [9.17, 15) is 9.90 Å². The van der Waals surface area contributed by atoms with Crippen molar-refractivity contribution in [2.45, 2.75) is 18.4 Å². The van der Waals surface area contributed by atoms with E-state index in [0.717, 1.165) is 5.56 Å². The van der Waals surface area contributed by atoms with Crippen LogP contribution in [-0.4, -0.2) is 17.6 Å². The molecule has 1 fully saturated rings. The summed E-state index contributed by atoms with van der Waals surface area (Å²) in [5.74, 6) is -0.112. The second-order valence-corrected chi connectivity index (χ2v) is 4.25. The van der Waals surface area contributed by atoms with Gasteiger partial charge in [0.05, 0.1) is 6.42 Å². The van der Waals surface area contributed by atoms with Gasteiger partial charge in [0.2, 0.25) is 5.91 Å². The Morgan fingerprint density at radius 2 is 2.00 bits per heavy atom. The standard InChI is InChI=1S/C11H12ClNO2/c12-9-3-1-8(2-4-9)11(15)5-6-13-10(14)7-11/h1-4,15H,5-7H2,(H,13,14)/t11-/m0/s1. The van der Waals surface area contributed by atoms with Crippen molar-refractivity contribution in [1.82, 2.24) is 5.32 Å². The van der Waals surface area contributed by atoms with E-state index in [0.29, 0.717) is 18.0 Å². The smallest absolute Gasteiger partial charge is 0.223 e. The molecule has 2 N–H and O–H groups in total. The zero-order valence-electron chi connectivity index (χ0n) is 8.16. The number of halogens is 1. The minimum Gasteiger partial charge on any atom is -0.385 e. The molecule has 1 aliphatic heterocycles. The molecule has 0 saturated carbocycles. The first-order chi connectivity index (χ1) is 7.10. The molecule has 1 aromatic rings. The van der Waals surface area contributed by atoms with Crippen LogP contribution in [-0.2, 0) is 10.4 Å². The number of benzene rings is 1. The third-order valence-electron chi connectivity index (χ3n) is 2.70. The van der Waals surface area contributed by atoms with E-state index < -0.39 is 5.60 Å². The highest BCUT2D eigenvalue weighted by atomic mass is 35.5. The lowest BCUT2D eigenvalue weighted by molar-refractivity contribution is -0.130. The van der Waals surface area contributed by atoms with Gasteiger partial charge in [-0.25, -0.2) is 0 Å². The maximum atomic E-state index is 11.2. The van der Waals surface area contributed by atoms with Gasteiger partial charge in [0.25, 0.3) is 0 Å². The van der Waals surface area contributed by atoms with Crippen LogP contribution in [0.2, 0.25) is 5.02 Å². The molecule has 3 nitrogen and oxygen atoms in total. The summed E-state index contributed by atoms with van der Waals surface area (Å²) < 4.78 is 0. The topological polar surface area (TPSA) is 49.3 Å². The summed E-state index contributed by atoms with van der Waals surface area (Å²) >= 11 is 5.76. The third-order valence-corrected chi connectivity index (χ3v) is 2.95. The first kappa shape index (κ1) is 10.5. The lowest BCUT2D eigenvalue weighted by atomic mass is 9.85. The van der Waals surface area contributed by atoms with Crippen molar-refractivity contribution in [2.75, 3.05) is 6.54 Å². The van der Waals surface area contributed by atoms with Crippen molar-refractivity contribution >= 4 is 17.5 Å². The Balaban J connectivity index is 2.28.